The van der Waals surface area contributed by atoms with E-state index in [1.54, 1.807) is 30.3 Å². The Bertz CT molecular complexity index is 779. The fourth-order valence-electron chi connectivity index (χ4n) is 3.14. The van der Waals surface area contributed by atoms with Crippen molar-refractivity contribution in [2.75, 3.05) is 25.0 Å². The second-order valence-corrected chi connectivity index (χ2v) is 6.55. The third kappa shape index (κ3) is 4.97. The van der Waals surface area contributed by atoms with Crippen LogP contribution in [-0.4, -0.2) is 36.4 Å². The van der Waals surface area contributed by atoms with E-state index < -0.39 is 0 Å². The molecule has 0 radical (unpaired) electrons. The van der Waals surface area contributed by atoms with Crippen molar-refractivity contribution in [1.82, 2.24) is 4.90 Å². The summed E-state index contributed by atoms with van der Waals surface area (Å²) in [7, 11) is 0. The zero-order chi connectivity index (χ0) is 19.1. The summed E-state index contributed by atoms with van der Waals surface area (Å²) in [5.74, 6) is 0.663. The number of amides is 2. The van der Waals surface area contributed by atoms with Crippen molar-refractivity contribution >= 4 is 17.5 Å². The molecule has 0 aromatic heterocycles. The highest BCUT2D eigenvalue weighted by molar-refractivity contribution is 5.95. The maximum Gasteiger partial charge on any atom is 0.253 e. The van der Waals surface area contributed by atoms with Gasteiger partial charge in [0.05, 0.1) is 0 Å². The molecule has 0 unspecified atom stereocenters. The first-order valence-corrected chi connectivity index (χ1v) is 9.16. The van der Waals surface area contributed by atoms with E-state index in [4.69, 9.17) is 4.74 Å². The Hall–Kier alpha value is -3.08. The molecular formula is C22H24N2O3. The van der Waals surface area contributed by atoms with Crippen LogP contribution in [0.2, 0.25) is 0 Å². The van der Waals surface area contributed by atoms with Gasteiger partial charge in [-0.1, -0.05) is 30.9 Å². The van der Waals surface area contributed by atoms with Crippen molar-refractivity contribution in [1.29, 1.82) is 0 Å². The Labute approximate surface area is 159 Å². The standard InChI is InChI=1S/C22H24N2O3/c1-2-16-27-20-10-8-18(9-11-20)22(26)24-14-12-17(13-15-24)21(25)23-19-6-4-3-5-7-19/h2-11,17H,1,12-16H2,(H,23,25). The van der Waals surface area contributed by atoms with E-state index in [2.05, 4.69) is 11.9 Å². The van der Waals surface area contributed by atoms with E-state index in [-0.39, 0.29) is 17.7 Å². The first-order chi connectivity index (χ1) is 13.2. The van der Waals surface area contributed by atoms with Gasteiger partial charge in [-0.3, -0.25) is 9.59 Å². The summed E-state index contributed by atoms with van der Waals surface area (Å²) >= 11 is 0. The number of hydrogen-bond acceptors (Lipinski definition) is 3. The number of nitrogens with one attached hydrogen (secondary N) is 1. The van der Waals surface area contributed by atoms with Gasteiger partial charge in [0.15, 0.2) is 0 Å². The molecule has 1 N–H and O–H groups in total. The smallest absolute Gasteiger partial charge is 0.253 e. The van der Waals surface area contributed by atoms with E-state index in [1.165, 1.54) is 0 Å². The quantitative estimate of drug-likeness (QED) is 0.795. The summed E-state index contributed by atoms with van der Waals surface area (Å²) in [6, 6.07) is 16.6. The summed E-state index contributed by atoms with van der Waals surface area (Å²) in [4.78, 5) is 26.9. The molecule has 2 amide bonds. The number of nitrogens with zero attached hydrogens (tertiary/aromatic N) is 1. The van der Waals surface area contributed by atoms with Crippen LogP contribution < -0.4 is 10.1 Å². The van der Waals surface area contributed by atoms with Crippen LogP contribution in [0.1, 0.15) is 23.2 Å². The second-order valence-electron chi connectivity index (χ2n) is 6.55. The molecule has 5 heteroatoms. The molecule has 140 valence electrons. The van der Waals surface area contributed by atoms with Crippen molar-refractivity contribution in [3.63, 3.8) is 0 Å². The Kier molecular flexibility index (Phi) is 6.26. The van der Waals surface area contributed by atoms with Gasteiger partial charge < -0.3 is 15.0 Å². The third-order valence-electron chi connectivity index (χ3n) is 4.66. The lowest BCUT2D eigenvalue weighted by molar-refractivity contribution is -0.121. The molecule has 2 aromatic rings. The molecule has 0 spiro atoms. The molecule has 0 bridgehead atoms. The maximum atomic E-state index is 12.7. The van der Waals surface area contributed by atoms with Gasteiger partial charge in [-0.2, -0.15) is 0 Å². The van der Waals surface area contributed by atoms with Crippen LogP contribution in [0.3, 0.4) is 0 Å². The molecule has 2 aromatic carbocycles. The predicted octanol–water partition coefficient (Wildman–Crippen LogP) is 3.74. The largest absolute Gasteiger partial charge is 0.490 e. The lowest BCUT2D eigenvalue weighted by Crippen LogP contribution is -2.41. The van der Waals surface area contributed by atoms with Crippen LogP contribution in [0.25, 0.3) is 0 Å². The van der Waals surface area contributed by atoms with Crippen molar-refractivity contribution in [2.24, 2.45) is 5.92 Å². The van der Waals surface area contributed by atoms with E-state index in [9.17, 15) is 9.59 Å². The number of para-hydroxylation sites is 1. The van der Waals surface area contributed by atoms with Crippen LogP contribution in [0.4, 0.5) is 5.69 Å². The number of piperidine rings is 1. The normalized spacial score (nSPS) is 14.4. The van der Waals surface area contributed by atoms with Crippen LogP contribution in [0.5, 0.6) is 5.75 Å². The molecule has 0 atom stereocenters. The van der Waals surface area contributed by atoms with Gasteiger partial charge in [-0.15, -0.1) is 0 Å². The van der Waals surface area contributed by atoms with E-state index in [0.717, 1.165) is 5.69 Å². The Balaban J connectivity index is 1.51. The third-order valence-corrected chi connectivity index (χ3v) is 4.66. The molecule has 0 aliphatic carbocycles. The molecular weight excluding hydrogens is 340 g/mol. The number of likely N-dealkylation sites (tertiary alicyclic amines) is 1. The van der Waals surface area contributed by atoms with Crippen LogP contribution >= 0.6 is 0 Å². The van der Waals surface area contributed by atoms with Gasteiger partial charge in [-0.05, 0) is 49.2 Å². The minimum Gasteiger partial charge on any atom is -0.490 e. The highest BCUT2D eigenvalue weighted by Gasteiger charge is 2.27. The van der Waals surface area contributed by atoms with Gasteiger partial charge in [-0.25, -0.2) is 0 Å². The minimum atomic E-state index is -0.0658. The molecule has 1 saturated heterocycles. The average molecular weight is 364 g/mol. The number of carbonyl (C=O) groups excluding carboxylic acids is 2. The number of anilines is 1. The summed E-state index contributed by atoms with van der Waals surface area (Å²) in [6.45, 7) is 5.21. The lowest BCUT2D eigenvalue weighted by Gasteiger charge is -2.31. The number of benzene rings is 2. The number of rotatable bonds is 6. The zero-order valence-corrected chi connectivity index (χ0v) is 15.3. The first-order valence-electron chi connectivity index (χ1n) is 9.16. The summed E-state index contributed by atoms with van der Waals surface area (Å²) in [5, 5.41) is 2.95. The summed E-state index contributed by atoms with van der Waals surface area (Å²) in [6.07, 6.45) is 3.02. The van der Waals surface area contributed by atoms with E-state index >= 15 is 0 Å². The first kappa shape index (κ1) is 18.7. The molecule has 1 fully saturated rings. The lowest BCUT2D eigenvalue weighted by atomic mass is 9.95. The molecule has 27 heavy (non-hydrogen) atoms. The van der Waals surface area contributed by atoms with Crippen molar-refractivity contribution in [3.8, 4) is 5.75 Å². The zero-order valence-electron chi connectivity index (χ0n) is 15.3. The molecule has 1 aliphatic heterocycles. The van der Waals surface area contributed by atoms with Crippen molar-refractivity contribution in [3.05, 3.63) is 72.8 Å². The van der Waals surface area contributed by atoms with E-state index in [0.29, 0.717) is 43.9 Å². The molecule has 1 heterocycles. The summed E-state index contributed by atoms with van der Waals surface area (Å²) in [5.41, 5.74) is 1.44. The van der Waals surface area contributed by atoms with Crippen LogP contribution in [-0.2, 0) is 4.79 Å². The minimum absolute atomic E-state index is 0.00723. The van der Waals surface area contributed by atoms with Gasteiger partial charge in [0.25, 0.3) is 5.91 Å². The Morgan fingerprint density at radius 3 is 2.37 bits per heavy atom. The second kappa shape index (κ2) is 9.03. The van der Waals surface area contributed by atoms with Gasteiger partial charge in [0.1, 0.15) is 12.4 Å². The molecule has 1 aliphatic rings. The Morgan fingerprint density at radius 1 is 1.07 bits per heavy atom. The SMILES string of the molecule is C=CCOc1ccc(C(=O)N2CCC(C(=O)Nc3ccccc3)CC2)cc1. The monoisotopic (exact) mass is 364 g/mol. The average Bonchev–Trinajstić information content (AvgIpc) is 2.73. The van der Waals surface area contributed by atoms with Gasteiger partial charge >= 0.3 is 0 Å². The molecule has 5 nitrogen and oxygen atoms in total. The van der Waals surface area contributed by atoms with Gasteiger partial charge in [0, 0.05) is 30.3 Å². The van der Waals surface area contributed by atoms with Crippen LogP contribution in [0, 0.1) is 5.92 Å². The van der Waals surface area contributed by atoms with Crippen molar-refractivity contribution in [2.45, 2.75) is 12.8 Å². The predicted molar refractivity (Wildman–Crippen MR) is 106 cm³/mol. The topological polar surface area (TPSA) is 58.6 Å². The maximum absolute atomic E-state index is 12.7. The molecule has 0 saturated carbocycles. The van der Waals surface area contributed by atoms with Crippen molar-refractivity contribution < 1.29 is 14.3 Å². The number of carbonyl (C=O) groups is 2. The van der Waals surface area contributed by atoms with E-state index in [1.807, 2.05) is 35.2 Å². The fraction of sp³-hybridized carbons (Fsp3) is 0.273. The van der Waals surface area contributed by atoms with Gasteiger partial charge in [0.2, 0.25) is 5.91 Å². The number of hydrogen-bond donors (Lipinski definition) is 1. The van der Waals surface area contributed by atoms with Crippen LogP contribution in [0.15, 0.2) is 67.3 Å². The highest BCUT2D eigenvalue weighted by Crippen LogP contribution is 2.22. The summed E-state index contributed by atoms with van der Waals surface area (Å²) < 4.78 is 5.44. The highest BCUT2D eigenvalue weighted by atomic mass is 16.5. The number of ether oxygens (including phenoxy) is 1. The molecule has 3 rings (SSSR count). The Morgan fingerprint density at radius 2 is 1.74 bits per heavy atom. The fourth-order valence-corrected chi connectivity index (χ4v) is 3.14.